The maximum Gasteiger partial charge on any atom is 0.182 e. The first-order chi connectivity index (χ1) is 10.5. The van der Waals surface area contributed by atoms with Gasteiger partial charge in [-0.25, -0.2) is 0 Å². The van der Waals surface area contributed by atoms with Crippen LogP contribution in [0.4, 0.5) is 0 Å². The molecule has 0 amide bonds. The molecule has 1 fully saturated rings. The third-order valence-electron chi connectivity index (χ3n) is 4.44. The molecule has 122 valence electrons. The maximum absolute atomic E-state index is 13.0. The first kappa shape index (κ1) is 17.5. The summed E-state index contributed by atoms with van der Waals surface area (Å²) >= 11 is 1.67. The smallest absolute Gasteiger partial charge is 0.182 e. The Balaban J connectivity index is 2.20. The third-order valence-corrected chi connectivity index (χ3v) is 5.18. The molecule has 2 N–H and O–H groups in total. The molecular formula is C17H26N2O2S. The molecule has 1 saturated heterocycles. The normalized spacial score (nSPS) is 20.1. The fraction of sp³-hybridized carbons (Fsp3) is 0.588. The lowest BCUT2D eigenvalue weighted by molar-refractivity contribution is 0.0317. The summed E-state index contributed by atoms with van der Waals surface area (Å²) in [5, 5.41) is 12.6. The number of hydrogen-bond acceptors (Lipinski definition) is 5. The van der Waals surface area contributed by atoms with Gasteiger partial charge in [0.25, 0.3) is 0 Å². The second-order valence-corrected chi connectivity index (χ2v) is 7.06. The number of aliphatic hydroxyl groups excluding tert-OH is 1. The summed E-state index contributed by atoms with van der Waals surface area (Å²) in [5.41, 5.74) is 0.187. The Morgan fingerprint density at radius 1 is 1.41 bits per heavy atom. The molecule has 1 atom stereocenters. The minimum absolute atomic E-state index is 0.144. The van der Waals surface area contributed by atoms with E-state index in [-0.39, 0.29) is 18.4 Å². The average Bonchev–Trinajstić information content (AvgIpc) is 2.55. The summed E-state index contributed by atoms with van der Waals surface area (Å²) < 4.78 is 0. The van der Waals surface area contributed by atoms with Gasteiger partial charge in [-0.3, -0.25) is 9.69 Å². The predicted molar refractivity (Wildman–Crippen MR) is 91.7 cm³/mol. The highest BCUT2D eigenvalue weighted by atomic mass is 32.2. The molecule has 1 heterocycles. The monoisotopic (exact) mass is 322 g/mol. The molecule has 1 aromatic carbocycles. The number of nitrogens with zero attached hydrogens (tertiary/aromatic N) is 1. The van der Waals surface area contributed by atoms with Crippen molar-refractivity contribution in [1.29, 1.82) is 0 Å². The van der Waals surface area contributed by atoms with Crippen molar-refractivity contribution in [1.82, 2.24) is 10.2 Å². The number of aliphatic hydroxyl groups is 1. The Morgan fingerprint density at radius 3 is 2.68 bits per heavy atom. The summed E-state index contributed by atoms with van der Waals surface area (Å²) in [6.07, 6.45) is 2.72. The van der Waals surface area contributed by atoms with Crippen LogP contribution in [0, 0.1) is 0 Å². The van der Waals surface area contributed by atoms with E-state index in [1.54, 1.807) is 11.8 Å². The standard InChI is InChI=1S/C17H26N2O2S/c1-17(2,19-10-9-18-12-14(19)8-11-20)16(21)13-4-6-15(22-3)7-5-13/h4-7,14,18,20H,8-12H2,1-3H3. The van der Waals surface area contributed by atoms with Crippen LogP contribution in [-0.2, 0) is 0 Å². The van der Waals surface area contributed by atoms with E-state index in [2.05, 4.69) is 10.2 Å². The highest BCUT2D eigenvalue weighted by Gasteiger charge is 2.39. The Labute approximate surface area is 137 Å². The van der Waals surface area contributed by atoms with Gasteiger partial charge < -0.3 is 10.4 Å². The fourth-order valence-corrected chi connectivity index (χ4v) is 3.54. The van der Waals surface area contributed by atoms with Gasteiger partial charge in [0.1, 0.15) is 0 Å². The van der Waals surface area contributed by atoms with Crippen LogP contribution >= 0.6 is 11.8 Å². The molecule has 0 spiro atoms. The number of hydrogen-bond donors (Lipinski definition) is 2. The van der Waals surface area contributed by atoms with Crippen molar-refractivity contribution < 1.29 is 9.90 Å². The van der Waals surface area contributed by atoms with Crippen LogP contribution in [0.25, 0.3) is 0 Å². The van der Waals surface area contributed by atoms with Crippen molar-refractivity contribution in [2.75, 3.05) is 32.5 Å². The van der Waals surface area contributed by atoms with Crippen LogP contribution in [0.15, 0.2) is 29.2 Å². The third kappa shape index (κ3) is 3.71. The molecule has 22 heavy (non-hydrogen) atoms. The van der Waals surface area contributed by atoms with E-state index in [0.29, 0.717) is 6.42 Å². The van der Waals surface area contributed by atoms with Crippen molar-refractivity contribution in [2.45, 2.75) is 36.7 Å². The van der Waals surface area contributed by atoms with Gasteiger partial charge in [-0.2, -0.15) is 0 Å². The van der Waals surface area contributed by atoms with Crippen LogP contribution < -0.4 is 5.32 Å². The number of rotatable bonds is 6. The van der Waals surface area contributed by atoms with Gasteiger partial charge >= 0.3 is 0 Å². The van der Waals surface area contributed by atoms with E-state index in [1.807, 2.05) is 44.4 Å². The number of carbonyl (C=O) groups is 1. The number of Topliss-reactive ketones (excluding diaryl/α,β-unsaturated/α-hetero) is 1. The van der Waals surface area contributed by atoms with Gasteiger partial charge in [0.05, 0.1) is 5.54 Å². The van der Waals surface area contributed by atoms with Crippen molar-refractivity contribution in [2.24, 2.45) is 0 Å². The van der Waals surface area contributed by atoms with E-state index in [4.69, 9.17) is 0 Å². The lowest BCUT2D eigenvalue weighted by Gasteiger charge is -2.45. The molecule has 1 aliphatic heterocycles. The van der Waals surface area contributed by atoms with Gasteiger partial charge in [-0.05, 0) is 38.7 Å². The van der Waals surface area contributed by atoms with Crippen LogP contribution in [-0.4, -0.2) is 59.9 Å². The zero-order valence-electron chi connectivity index (χ0n) is 13.6. The van der Waals surface area contributed by atoms with Gasteiger partial charge in [0.2, 0.25) is 0 Å². The summed E-state index contributed by atoms with van der Waals surface area (Å²) in [6.45, 7) is 6.66. The second-order valence-electron chi connectivity index (χ2n) is 6.18. The van der Waals surface area contributed by atoms with Crippen LogP contribution in [0.2, 0.25) is 0 Å². The van der Waals surface area contributed by atoms with Crippen molar-refractivity contribution >= 4 is 17.5 Å². The van der Waals surface area contributed by atoms with Crippen LogP contribution in [0.3, 0.4) is 0 Å². The molecule has 0 saturated carbocycles. The zero-order valence-corrected chi connectivity index (χ0v) is 14.4. The van der Waals surface area contributed by atoms with Crippen LogP contribution in [0.1, 0.15) is 30.6 Å². The second kappa shape index (κ2) is 7.59. The number of piperazine rings is 1. The van der Waals surface area contributed by atoms with E-state index >= 15 is 0 Å². The minimum atomic E-state index is -0.567. The largest absolute Gasteiger partial charge is 0.396 e. The quantitative estimate of drug-likeness (QED) is 0.620. The summed E-state index contributed by atoms with van der Waals surface area (Å²) in [4.78, 5) is 16.4. The van der Waals surface area contributed by atoms with E-state index < -0.39 is 5.54 Å². The number of nitrogens with one attached hydrogen (secondary N) is 1. The molecule has 2 rings (SSSR count). The zero-order chi connectivity index (χ0) is 16.2. The SMILES string of the molecule is CSc1ccc(C(=O)C(C)(C)N2CCNCC2CCO)cc1. The molecule has 1 unspecified atom stereocenters. The first-order valence-electron chi connectivity index (χ1n) is 7.78. The first-order valence-corrected chi connectivity index (χ1v) is 9.00. The predicted octanol–water partition coefficient (Wildman–Crippen LogP) is 2.03. The van der Waals surface area contributed by atoms with Crippen molar-refractivity contribution in [3.05, 3.63) is 29.8 Å². The Hall–Kier alpha value is -0.880. The summed E-state index contributed by atoms with van der Waals surface area (Å²) in [6, 6.07) is 8.02. The number of ketones is 1. The molecule has 1 aliphatic rings. The van der Waals surface area contributed by atoms with E-state index in [9.17, 15) is 9.90 Å². The lowest BCUT2D eigenvalue weighted by Crippen LogP contribution is -2.62. The number of thioether (sulfide) groups is 1. The summed E-state index contributed by atoms with van der Waals surface area (Å²) in [7, 11) is 0. The van der Waals surface area contributed by atoms with Gasteiger partial charge in [0, 0.05) is 42.7 Å². The molecule has 0 bridgehead atoms. The van der Waals surface area contributed by atoms with E-state index in [1.165, 1.54) is 0 Å². The van der Waals surface area contributed by atoms with Crippen LogP contribution in [0.5, 0.6) is 0 Å². The van der Waals surface area contributed by atoms with Gasteiger partial charge in [-0.15, -0.1) is 11.8 Å². The molecular weight excluding hydrogens is 296 g/mol. The Kier molecular flexibility index (Phi) is 6.03. The Bertz CT molecular complexity index is 500. The molecule has 0 aromatic heterocycles. The molecule has 4 nitrogen and oxygen atoms in total. The molecule has 0 aliphatic carbocycles. The molecule has 1 aromatic rings. The Morgan fingerprint density at radius 2 is 2.09 bits per heavy atom. The summed E-state index contributed by atoms with van der Waals surface area (Å²) in [5.74, 6) is 0.144. The highest BCUT2D eigenvalue weighted by molar-refractivity contribution is 7.98. The maximum atomic E-state index is 13.0. The topological polar surface area (TPSA) is 52.6 Å². The van der Waals surface area contributed by atoms with Gasteiger partial charge in [-0.1, -0.05) is 12.1 Å². The lowest BCUT2D eigenvalue weighted by atomic mass is 9.88. The average molecular weight is 322 g/mol. The molecule has 5 heteroatoms. The molecule has 0 radical (unpaired) electrons. The highest BCUT2D eigenvalue weighted by Crippen LogP contribution is 2.26. The van der Waals surface area contributed by atoms with E-state index in [0.717, 1.165) is 30.1 Å². The van der Waals surface area contributed by atoms with Crippen molar-refractivity contribution in [3.63, 3.8) is 0 Å². The van der Waals surface area contributed by atoms with Crippen molar-refractivity contribution in [3.8, 4) is 0 Å². The fourth-order valence-electron chi connectivity index (χ4n) is 3.13. The number of carbonyl (C=O) groups excluding carboxylic acids is 1. The number of benzene rings is 1. The van der Waals surface area contributed by atoms with Gasteiger partial charge in [0.15, 0.2) is 5.78 Å². The minimum Gasteiger partial charge on any atom is -0.396 e.